The van der Waals surface area contributed by atoms with Crippen molar-refractivity contribution in [1.29, 1.82) is 0 Å². The van der Waals surface area contributed by atoms with Gasteiger partial charge in [0.2, 0.25) is 0 Å². The first-order chi connectivity index (χ1) is 9.70. The van der Waals surface area contributed by atoms with Crippen molar-refractivity contribution in [3.05, 3.63) is 52.0 Å². The second kappa shape index (κ2) is 5.67. The first-order valence-electron chi connectivity index (χ1n) is 5.43. The van der Waals surface area contributed by atoms with Gasteiger partial charge in [-0.25, -0.2) is 17.2 Å². The van der Waals surface area contributed by atoms with Gasteiger partial charge in [-0.15, -0.1) is 0 Å². The Labute approximate surface area is 129 Å². The van der Waals surface area contributed by atoms with Crippen LogP contribution >= 0.6 is 23.2 Å². The summed E-state index contributed by atoms with van der Waals surface area (Å²) in [6, 6.07) is 4.77. The van der Waals surface area contributed by atoms with Crippen molar-refractivity contribution >= 4 is 44.6 Å². The molecule has 0 amide bonds. The smallest absolute Gasteiger partial charge is 0.262 e. The zero-order valence-electron chi connectivity index (χ0n) is 10.2. The van der Waals surface area contributed by atoms with Gasteiger partial charge >= 0.3 is 0 Å². The number of benzene rings is 2. The van der Waals surface area contributed by atoms with E-state index in [1.165, 1.54) is 0 Å². The van der Waals surface area contributed by atoms with Gasteiger partial charge in [0, 0.05) is 0 Å². The van der Waals surface area contributed by atoms with E-state index in [-0.39, 0.29) is 26.3 Å². The molecule has 3 N–H and O–H groups in total. The molecule has 0 spiro atoms. The van der Waals surface area contributed by atoms with E-state index in [4.69, 9.17) is 28.9 Å². The molecule has 2 aromatic carbocycles. The lowest BCUT2D eigenvalue weighted by atomic mass is 10.3. The van der Waals surface area contributed by atoms with Gasteiger partial charge in [0.05, 0.1) is 26.3 Å². The van der Waals surface area contributed by atoms with Crippen LogP contribution in [0.25, 0.3) is 0 Å². The summed E-state index contributed by atoms with van der Waals surface area (Å²) < 4.78 is 52.7. The third kappa shape index (κ3) is 3.37. The van der Waals surface area contributed by atoms with Gasteiger partial charge in [-0.05, 0) is 30.3 Å². The molecule has 0 aromatic heterocycles. The minimum Gasteiger partial charge on any atom is -0.396 e. The van der Waals surface area contributed by atoms with Gasteiger partial charge in [0.15, 0.2) is 0 Å². The van der Waals surface area contributed by atoms with Crippen LogP contribution < -0.4 is 10.5 Å². The highest BCUT2D eigenvalue weighted by Gasteiger charge is 2.19. The van der Waals surface area contributed by atoms with Crippen LogP contribution in [0.15, 0.2) is 35.2 Å². The van der Waals surface area contributed by atoms with Crippen molar-refractivity contribution < 1.29 is 17.2 Å². The molecule has 0 aliphatic rings. The van der Waals surface area contributed by atoms with Gasteiger partial charge in [-0.3, -0.25) is 4.72 Å². The normalized spacial score (nSPS) is 11.4. The molecule has 0 fully saturated rings. The summed E-state index contributed by atoms with van der Waals surface area (Å²) in [6.45, 7) is 0. The SMILES string of the molecule is Nc1ccc(S(=O)(=O)Nc2c(Cl)cc(F)cc2Cl)cc1F. The van der Waals surface area contributed by atoms with Crippen LogP contribution in [0.3, 0.4) is 0 Å². The zero-order chi connectivity index (χ0) is 15.8. The molecule has 9 heteroatoms. The molecular formula is C12H8Cl2F2N2O2S. The van der Waals surface area contributed by atoms with Crippen molar-refractivity contribution in [3.63, 3.8) is 0 Å². The highest BCUT2D eigenvalue weighted by atomic mass is 35.5. The number of nitrogen functional groups attached to an aromatic ring is 1. The summed E-state index contributed by atoms with van der Waals surface area (Å²) in [7, 11) is -4.15. The standard InChI is InChI=1S/C12H8Cl2F2N2O2S/c13-8-3-6(15)4-9(14)12(8)18-21(19,20)7-1-2-11(17)10(16)5-7/h1-5,18H,17H2. The van der Waals surface area contributed by atoms with Gasteiger partial charge in [0.25, 0.3) is 10.0 Å². The number of anilines is 2. The van der Waals surface area contributed by atoms with Gasteiger partial charge in [-0.1, -0.05) is 23.2 Å². The van der Waals surface area contributed by atoms with E-state index in [0.717, 1.165) is 30.3 Å². The van der Waals surface area contributed by atoms with E-state index in [0.29, 0.717) is 0 Å². The highest BCUT2D eigenvalue weighted by molar-refractivity contribution is 7.92. The number of hydrogen-bond donors (Lipinski definition) is 2. The van der Waals surface area contributed by atoms with Crippen LogP contribution in [0.1, 0.15) is 0 Å². The lowest BCUT2D eigenvalue weighted by Gasteiger charge is -2.12. The molecule has 112 valence electrons. The molecule has 21 heavy (non-hydrogen) atoms. The number of halogens is 4. The maximum Gasteiger partial charge on any atom is 0.262 e. The average molecular weight is 353 g/mol. The lowest BCUT2D eigenvalue weighted by molar-refractivity contribution is 0.596. The molecule has 0 unspecified atom stereocenters. The maximum atomic E-state index is 13.3. The minimum atomic E-state index is -4.15. The molecule has 0 aliphatic carbocycles. The van der Waals surface area contributed by atoms with E-state index in [9.17, 15) is 17.2 Å². The second-order valence-electron chi connectivity index (χ2n) is 4.03. The molecule has 0 heterocycles. The second-order valence-corrected chi connectivity index (χ2v) is 6.53. The predicted molar refractivity (Wildman–Crippen MR) is 78.0 cm³/mol. The molecule has 0 saturated heterocycles. The molecule has 0 bridgehead atoms. The van der Waals surface area contributed by atoms with Crippen LogP contribution in [0, 0.1) is 11.6 Å². The Balaban J connectivity index is 2.44. The first-order valence-corrected chi connectivity index (χ1v) is 7.67. The number of rotatable bonds is 3. The zero-order valence-corrected chi connectivity index (χ0v) is 12.5. The molecule has 0 saturated carbocycles. The van der Waals surface area contributed by atoms with Crippen LogP contribution in [0.5, 0.6) is 0 Å². The summed E-state index contributed by atoms with van der Waals surface area (Å²) in [5.41, 5.74) is 4.89. The monoisotopic (exact) mass is 352 g/mol. The quantitative estimate of drug-likeness (QED) is 0.828. The highest BCUT2D eigenvalue weighted by Crippen LogP contribution is 2.33. The lowest BCUT2D eigenvalue weighted by Crippen LogP contribution is -2.14. The van der Waals surface area contributed by atoms with Crippen molar-refractivity contribution in [3.8, 4) is 0 Å². The molecule has 2 aromatic rings. The fourth-order valence-corrected chi connectivity index (χ4v) is 3.29. The van der Waals surface area contributed by atoms with Crippen LogP contribution in [-0.2, 0) is 10.0 Å². The van der Waals surface area contributed by atoms with E-state index in [1.54, 1.807) is 0 Å². The molecule has 2 rings (SSSR count). The van der Waals surface area contributed by atoms with Crippen molar-refractivity contribution in [2.75, 3.05) is 10.5 Å². The summed E-state index contributed by atoms with van der Waals surface area (Å²) >= 11 is 11.5. The third-order valence-corrected chi connectivity index (χ3v) is 4.47. The molecule has 0 atom stereocenters. The number of nitrogens with one attached hydrogen (secondary N) is 1. The summed E-state index contributed by atoms with van der Waals surface area (Å²) in [4.78, 5) is -0.370. The van der Waals surface area contributed by atoms with Crippen LogP contribution in [0.4, 0.5) is 20.2 Å². The number of sulfonamides is 1. The Bertz CT molecular complexity index is 790. The van der Waals surface area contributed by atoms with E-state index < -0.39 is 21.7 Å². The summed E-state index contributed by atoms with van der Waals surface area (Å²) in [6.07, 6.45) is 0. The Hall–Kier alpha value is -1.57. The summed E-state index contributed by atoms with van der Waals surface area (Å²) in [5.74, 6) is -1.60. The van der Waals surface area contributed by atoms with Crippen LogP contribution in [0.2, 0.25) is 10.0 Å². The van der Waals surface area contributed by atoms with E-state index in [2.05, 4.69) is 4.72 Å². The Morgan fingerprint density at radius 1 is 1.05 bits per heavy atom. The van der Waals surface area contributed by atoms with Gasteiger partial charge in [0.1, 0.15) is 11.6 Å². The summed E-state index contributed by atoms with van der Waals surface area (Å²) in [5, 5.41) is -0.445. The van der Waals surface area contributed by atoms with Gasteiger partial charge in [-0.2, -0.15) is 0 Å². The van der Waals surface area contributed by atoms with Crippen molar-refractivity contribution in [2.24, 2.45) is 0 Å². The van der Waals surface area contributed by atoms with E-state index >= 15 is 0 Å². The fraction of sp³-hybridized carbons (Fsp3) is 0. The number of nitrogens with two attached hydrogens (primary N) is 1. The van der Waals surface area contributed by atoms with Crippen LogP contribution in [-0.4, -0.2) is 8.42 Å². The Morgan fingerprint density at radius 2 is 1.62 bits per heavy atom. The molecule has 4 nitrogen and oxygen atoms in total. The first kappa shape index (κ1) is 15.8. The molecular weight excluding hydrogens is 345 g/mol. The number of hydrogen-bond acceptors (Lipinski definition) is 3. The Morgan fingerprint density at radius 3 is 2.14 bits per heavy atom. The maximum absolute atomic E-state index is 13.3. The molecule has 0 radical (unpaired) electrons. The largest absolute Gasteiger partial charge is 0.396 e. The third-order valence-electron chi connectivity index (χ3n) is 2.53. The average Bonchev–Trinajstić information content (AvgIpc) is 2.37. The van der Waals surface area contributed by atoms with E-state index in [1.807, 2.05) is 0 Å². The van der Waals surface area contributed by atoms with Crippen molar-refractivity contribution in [1.82, 2.24) is 0 Å². The van der Waals surface area contributed by atoms with Gasteiger partial charge < -0.3 is 5.73 Å². The topological polar surface area (TPSA) is 72.2 Å². The minimum absolute atomic E-state index is 0.188. The Kier molecular flexibility index (Phi) is 4.27. The predicted octanol–water partition coefficient (Wildman–Crippen LogP) is 3.65. The van der Waals surface area contributed by atoms with Crippen molar-refractivity contribution in [2.45, 2.75) is 4.90 Å². The fourth-order valence-electron chi connectivity index (χ4n) is 1.51. The molecule has 0 aliphatic heterocycles.